The summed E-state index contributed by atoms with van der Waals surface area (Å²) in [5, 5.41) is 9.54. The van der Waals surface area contributed by atoms with Crippen molar-refractivity contribution < 1.29 is 9.90 Å². The highest BCUT2D eigenvalue weighted by Gasteiger charge is 2.08. The second kappa shape index (κ2) is 6.39. The molecule has 0 saturated carbocycles. The molecule has 0 amide bonds. The second-order valence-corrected chi connectivity index (χ2v) is 5.41. The van der Waals surface area contributed by atoms with E-state index < -0.39 is 5.97 Å². The van der Waals surface area contributed by atoms with Gasteiger partial charge >= 0.3 is 5.97 Å². The first-order valence-electron chi connectivity index (χ1n) is 6.99. The number of hydrogen-bond donors (Lipinski definition) is 3. The number of fused-ring (bicyclic) bond motifs is 1. The van der Waals surface area contributed by atoms with E-state index in [0.29, 0.717) is 5.82 Å². The molecule has 0 aliphatic heterocycles. The molecular weight excluding hydrogens is 268 g/mol. The van der Waals surface area contributed by atoms with Crippen molar-refractivity contribution in [2.24, 2.45) is 5.92 Å². The van der Waals surface area contributed by atoms with Gasteiger partial charge in [0.2, 0.25) is 5.95 Å². The zero-order chi connectivity index (χ0) is 15.4. The Morgan fingerprint density at radius 1 is 1.33 bits per heavy atom. The summed E-state index contributed by atoms with van der Waals surface area (Å²) >= 11 is 0. The van der Waals surface area contributed by atoms with Crippen molar-refractivity contribution in [2.75, 3.05) is 11.5 Å². The van der Waals surface area contributed by atoms with Crippen LogP contribution in [0.25, 0.3) is 10.9 Å². The Morgan fingerprint density at radius 3 is 2.81 bits per heavy atom. The van der Waals surface area contributed by atoms with Crippen molar-refractivity contribution in [1.82, 2.24) is 9.97 Å². The minimum Gasteiger partial charge on any atom is -0.481 e. The fourth-order valence-corrected chi connectivity index (χ4v) is 2.43. The summed E-state index contributed by atoms with van der Waals surface area (Å²) in [7, 11) is 0. The van der Waals surface area contributed by atoms with Gasteiger partial charge in [0.25, 0.3) is 0 Å². The first kappa shape index (κ1) is 15.0. The average molecular weight is 288 g/mol. The Bertz CT molecular complexity index is 657. The fraction of sp³-hybridized carbons (Fsp3) is 0.400. The van der Waals surface area contributed by atoms with Gasteiger partial charge in [0.15, 0.2) is 0 Å². The number of benzene rings is 1. The lowest BCUT2D eigenvalue weighted by Crippen LogP contribution is -2.04. The molecular formula is C15H20N4O2. The number of hydrogen-bond acceptors (Lipinski definition) is 5. The maximum Gasteiger partial charge on any atom is 0.303 e. The van der Waals surface area contributed by atoms with E-state index in [0.717, 1.165) is 35.7 Å². The van der Waals surface area contributed by atoms with Crippen LogP contribution in [0.15, 0.2) is 18.2 Å². The lowest BCUT2D eigenvalue weighted by atomic mass is 9.98. The van der Waals surface area contributed by atoms with Crippen LogP contribution in [0.4, 0.5) is 11.8 Å². The molecule has 2 rings (SSSR count). The van der Waals surface area contributed by atoms with Gasteiger partial charge in [-0.2, -0.15) is 4.98 Å². The lowest BCUT2D eigenvalue weighted by Gasteiger charge is -2.09. The predicted molar refractivity (Wildman–Crippen MR) is 82.7 cm³/mol. The number of carboxylic acids is 1. The summed E-state index contributed by atoms with van der Waals surface area (Å²) in [6, 6.07) is 5.86. The van der Waals surface area contributed by atoms with Gasteiger partial charge in [-0.15, -0.1) is 0 Å². The van der Waals surface area contributed by atoms with E-state index >= 15 is 0 Å². The number of carboxylic acid groups (broad SMARTS) is 1. The van der Waals surface area contributed by atoms with Gasteiger partial charge in [-0.3, -0.25) is 4.79 Å². The topological polar surface area (TPSA) is 115 Å². The highest BCUT2D eigenvalue weighted by molar-refractivity contribution is 5.89. The molecule has 6 nitrogen and oxygen atoms in total. The minimum atomic E-state index is -0.740. The number of anilines is 2. The second-order valence-electron chi connectivity index (χ2n) is 5.41. The number of aliphatic carboxylic acids is 1. The monoisotopic (exact) mass is 288 g/mol. The van der Waals surface area contributed by atoms with Gasteiger partial charge in [-0.1, -0.05) is 13.0 Å². The summed E-state index contributed by atoms with van der Waals surface area (Å²) in [6.45, 7) is 1.96. The molecule has 2 aromatic rings. The van der Waals surface area contributed by atoms with E-state index in [1.54, 1.807) is 0 Å². The number of aryl methyl sites for hydroxylation is 1. The SMILES string of the molecule is CC(CCCc1ccc2nc(N)nc(N)c2c1)CC(=O)O. The molecule has 0 radical (unpaired) electrons. The van der Waals surface area contributed by atoms with Crippen molar-refractivity contribution in [3.63, 3.8) is 0 Å². The maximum absolute atomic E-state index is 10.6. The van der Waals surface area contributed by atoms with Crippen LogP contribution >= 0.6 is 0 Å². The van der Waals surface area contributed by atoms with Crippen LogP contribution in [0.3, 0.4) is 0 Å². The van der Waals surface area contributed by atoms with E-state index in [9.17, 15) is 4.79 Å². The summed E-state index contributed by atoms with van der Waals surface area (Å²) < 4.78 is 0. The van der Waals surface area contributed by atoms with Crippen LogP contribution in [0.1, 0.15) is 31.7 Å². The van der Waals surface area contributed by atoms with Crippen LogP contribution in [-0.2, 0) is 11.2 Å². The first-order valence-corrected chi connectivity index (χ1v) is 6.99. The molecule has 5 N–H and O–H groups in total. The smallest absolute Gasteiger partial charge is 0.303 e. The number of nitrogens with zero attached hydrogens (tertiary/aromatic N) is 2. The van der Waals surface area contributed by atoms with Gasteiger partial charge in [0.1, 0.15) is 5.82 Å². The van der Waals surface area contributed by atoms with Crippen molar-refractivity contribution in [3.05, 3.63) is 23.8 Å². The third kappa shape index (κ3) is 4.05. The molecule has 0 aliphatic rings. The van der Waals surface area contributed by atoms with Crippen molar-refractivity contribution >= 4 is 28.6 Å². The van der Waals surface area contributed by atoms with Crippen molar-refractivity contribution in [3.8, 4) is 0 Å². The fourth-order valence-electron chi connectivity index (χ4n) is 2.43. The summed E-state index contributed by atoms with van der Waals surface area (Å²) in [4.78, 5) is 18.7. The molecule has 1 atom stereocenters. The van der Waals surface area contributed by atoms with E-state index in [4.69, 9.17) is 16.6 Å². The van der Waals surface area contributed by atoms with Gasteiger partial charge in [0, 0.05) is 11.8 Å². The lowest BCUT2D eigenvalue weighted by molar-refractivity contribution is -0.138. The van der Waals surface area contributed by atoms with Crippen LogP contribution < -0.4 is 11.5 Å². The molecule has 112 valence electrons. The highest BCUT2D eigenvalue weighted by atomic mass is 16.4. The average Bonchev–Trinajstić information content (AvgIpc) is 2.38. The summed E-state index contributed by atoms with van der Waals surface area (Å²) in [5.74, 6) is 0.0146. The largest absolute Gasteiger partial charge is 0.481 e. The third-order valence-corrected chi connectivity index (χ3v) is 3.49. The number of aromatic nitrogens is 2. The van der Waals surface area contributed by atoms with Crippen molar-refractivity contribution in [2.45, 2.75) is 32.6 Å². The molecule has 1 heterocycles. The Balaban J connectivity index is 2.01. The zero-order valence-electron chi connectivity index (χ0n) is 12.0. The number of nitrogens with two attached hydrogens (primary N) is 2. The Morgan fingerprint density at radius 2 is 2.10 bits per heavy atom. The molecule has 0 saturated heterocycles. The summed E-state index contributed by atoms with van der Waals surface area (Å²) in [5.41, 5.74) is 13.3. The minimum absolute atomic E-state index is 0.176. The van der Waals surface area contributed by atoms with E-state index in [1.807, 2.05) is 25.1 Å². The Labute approximate surface area is 123 Å². The predicted octanol–water partition coefficient (Wildman–Crippen LogP) is 2.23. The summed E-state index contributed by atoms with van der Waals surface area (Å²) in [6.07, 6.45) is 2.93. The van der Waals surface area contributed by atoms with Gasteiger partial charge in [-0.05, 0) is 42.9 Å². The molecule has 0 aliphatic carbocycles. The maximum atomic E-state index is 10.6. The molecule has 0 fully saturated rings. The first-order chi connectivity index (χ1) is 9.95. The van der Waals surface area contributed by atoms with Crippen LogP contribution in [0.5, 0.6) is 0 Å². The Hall–Kier alpha value is -2.37. The highest BCUT2D eigenvalue weighted by Crippen LogP contribution is 2.21. The van der Waals surface area contributed by atoms with Crippen LogP contribution in [-0.4, -0.2) is 21.0 Å². The third-order valence-electron chi connectivity index (χ3n) is 3.49. The van der Waals surface area contributed by atoms with E-state index in [2.05, 4.69) is 9.97 Å². The molecule has 6 heteroatoms. The molecule has 0 bridgehead atoms. The van der Waals surface area contributed by atoms with Crippen LogP contribution in [0, 0.1) is 5.92 Å². The number of rotatable bonds is 6. The number of nitrogen functional groups attached to an aromatic ring is 2. The Kier molecular flexibility index (Phi) is 4.57. The quantitative estimate of drug-likeness (QED) is 0.750. The molecule has 1 aromatic heterocycles. The van der Waals surface area contributed by atoms with E-state index in [1.165, 1.54) is 0 Å². The number of carbonyl (C=O) groups is 1. The molecule has 1 aromatic carbocycles. The molecule has 0 spiro atoms. The van der Waals surface area contributed by atoms with Crippen LogP contribution in [0.2, 0.25) is 0 Å². The standard InChI is InChI=1S/C15H20N4O2/c1-9(7-13(20)21)3-2-4-10-5-6-12-11(8-10)14(16)19-15(17)18-12/h5-6,8-9H,2-4,7H2,1H3,(H,20,21)(H4,16,17,18,19). The molecule has 1 unspecified atom stereocenters. The normalized spacial score (nSPS) is 12.4. The van der Waals surface area contributed by atoms with Crippen molar-refractivity contribution in [1.29, 1.82) is 0 Å². The van der Waals surface area contributed by atoms with Gasteiger partial charge in [0.05, 0.1) is 5.52 Å². The van der Waals surface area contributed by atoms with Gasteiger partial charge < -0.3 is 16.6 Å². The van der Waals surface area contributed by atoms with Gasteiger partial charge in [-0.25, -0.2) is 4.98 Å². The molecule has 21 heavy (non-hydrogen) atoms. The zero-order valence-corrected chi connectivity index (χ0v) is 12.0. The van der Waals surface area contributed by atoms with E-state index in [-0.39, 0.29) is 18.3 Å².